The first kappa shape index (κ1) is 13.7. The summed E-state index contributed by atoms with van der Waals surface area (Å²) in [6, 6.07) is 11.1. The highest BCUT2D eigenvalue weighted by Crippen LogP contribution is 2.14. The first-order valence-corrected chi connectivity index (χ1v) is 7.11. The highest BCUT2D eigenvalue weighted by atomic mass is 15.3. The number of benzene rings is 1. The summed E-state index contributed by atoms with van der Waals surface area (Å²) in [6.07, 6.45) is 7.56. The summed E-state index contributed by atoms with van der Waals surface area (Å²) in [6.45, 7) is 5.30. The van der Waals surface area contributed by atoms with E-state index in [1.54, 1.807) is 0 Å². The molecule has 1 aromatic carbocycles. The first-order valence-electron chi connectivity index (χ1n) is 7.11. The summed E-state index contributed by atoms with van der Waals surface area (Å²) in [4.78, 5) is 0. The van der Waals surface area contributed by atoms with E-state index >= 15 is 0 Å². The third-order valence-electron chi connectivity index (χ3n) is 3.23. The number of rotatable bonds is 7. The van der Waals surface area contributed by atoms with Crippen LogP contribution < -0.4 is 5.32 Å². The Labute approximate surface area is 115 Å². The lowest BCUT2D eigenvalue weighted by molar-refractivity contribution is 0.644. The summed E-state index contributed by atoms with van der Waals surface area (Å²) in [7, 11) is 0. The van der Waals surface area contributed by atoms with Gasteiger partial charge in [0, 0.05) is 24.1 Å². The lowest BCUT2D eigenvalue weighted by Crippen LogP contribution is -2.15. The van der Waals surface area contributed by atoms with E-state index in [0.29, 0.717) is 6.04 Å². The highest BCUT2D eigenvalue weighted by Gasteiger charge is 2.02. The van der Waals surface area contributed by atoms with E-state index in [4.69, 9.17) is 0 Å². The Morgan fingerprint density at radius 3 is 2.95 bits per heavy atom. The number of unbranched alkanes of at least 4 members (excludes halogenated alkanes) is 1. The van der Waals surface area contributed by atoms with Crippen molar-refractivity contribution in [3.63, 3.8) is 0 Å². The minimum Gasteiger partial charge on any atom is -0.383 e. The summed E-state index contributed by atoms with van der Waals surface area (Å²) in [5.41, 5.74) is 2.48. The van der Waals surface area contributed by atoms with Crippen molar-refractivity contribution >= 4 is 5.69 Å². The Bertz CT molecular complexity index is 476. The van der Waals surface area contributed by atoms with Crippen LogP contribution >= 0.6 is 0 Å². The molecule has 0 spiro atoms. The van der Waals surface area contributed by atoms with Crippen LogP contribution in [-0.2, 0) is 6.54 Å². The minimum atomic E-state index is 0.528. The van der Waals surface area contributed by atoms with Crippen molar-refractivity contribution in [2.75, 3.05) is 5.32 Å². The van der Waals surface area contributed by atoms with Gasteiger partial charge in [0.25, 0.3) is 0 Å². The van der Waals surface area contributed by atoms with Gasteiger partial charge in [-0.2, -0.15) is 5.10 Å². The maximum absolute atomic E-state index is 4.24. The van der Waals surface area contributed by atoms with Crippen LogP contribution in [0.4, 0.5) is 5.69 Å². The first-order chi connectivity index (χ1) is 9.28. The predicted octanol–water partition coefficient (Wildman–Crippen LogP) is 3.92. The Morgan fingerprint density at radius 2 is 2.21 bits per heavy atom. The maximum Gasteiger partial charge on any atom is 0.0660 e. The van der Waals surface area contributed by atoms with Gasteiger partial charge in [-0.3, -0.25) is 4.68 Å². The molecular formula is C16H23N3. The third-order valence-corrected chi connectivity index (χ3v) is 3.23. The Hall–Kier alpha value is -1.77. The molecule has 1 aromatic heterocycles. The molecule has 0 amide bonds. The summed E-state index contributed by atoms with van der Waals surface area (Å²) in [5.74, 6) is 0. The smallest absolute Gasteiger partial charge is 0.0660 e. The lowest BCUT2D eigenvalue weighted by atomic mass is 10.1. The van der Waals surface area contributed by atoms with Gasteiger partial charge >= 0.3 is 0 Å². The number of nitrogens with zero attached hydrogens (tertiary/aromatic N) is 2. The number of nitrogens with one attached hydrogen (secondary N) is 1. The number of aromatic nitrogens is 2. The van der Waals surface area contributed by atoms with E-state index in [9.17, 15) is 0 Å². The predicted molar refractivity (Wildman–Crippen MR) is 80.4 cm³/mol. The van der Waals surface area contributed by atoms with Crippen molar-refractivity contribution in [3.05, 3.63) is 48.3 Å². The molecule has 1 unspecified atom stereocenters. The molecule has 0 fully saturated rings. The van der Waals surface area contributed by atoms with Crippen molar-refractivity contribution < 1.29 is 0 Å². The van der Waals surface area contributed by atoms with Crippen LogP contribution in [0.5, 0.6) is 0 Å². The van der Waals surface area contributed by atoms with Gasteiger partial charge in [-0.1, -0.05) is 31.9 Å². The summed E-state index contributed by atoms with van der Waals surface area (Å²) < 4.78 is 1.94. The topological polar surface area (TPSA) is 29.9 Å². The molecule has 102 valence electrons. The fourth-order valence-electron chi connectivity index (χ4n) is 2.21. The number of hydrogen-bond donors (Lipinski definition) is 1. The molecule has 1 heterocycles. The Kier molecular flexibility index (Phi) is 5.01. The van der Waals surface area contributed by atoms with Gasteiger partial charge in [0.15, 0.2) is 0 Å². The van der Waals surface area contributed by atoms with Crippen molar-refractivity contribution in [1.29, 1.82) is 0 Å². The maximum atomic E-state index is 4.24. The molecule has 0 saturated heterocycles. The molecule has 3 nitrogen and oxygen atoms in total. The van der Waals surface area contributed by atoms with E-state index in [2.05, 4.69) is 48.5 Å². The third kappa shape index (κ3) is 4.43. The minimum absolute atomic E-state index is 0.528. The summed E-state index contributed by atoms with van der Waals surface area (Å²) in [5, 5.41) is 7.81. The number of hydrogen-bond acceptors (Lipinski definition) is 2. The zero-order valence-corrected chi connectivity index (χ0v) is 11.8. The zero-order valence-electron chi connectivity index (χ0n) is 11.8. The summed E-state index contributed by atoms with van der Waals surface area (Å²) >= 11 is 0. The molecule has 2 rings (SSSR count). The fourth-order valence-corrected chi connectivity index (χ4v) is 2.21. The van der Waals surface area contributed by atoms with E-state index in [0.717, 1.165) is 6.54 Å². The molecule has 3 heteroatoms. The standard InChI is InChI=1S/C16H23N3/c1-3-4-7-14(2)18-16-9-5-8-15(12-16)13-19-11-6-10-17-19/h5-6,8-12,14,18H,3-4,7,13H2,1-2H3. The molecule has 19 heavy (non-hydrogen) atoms. The average molecular weight is 257 g/mol. The Balaban J connectivity index is 1.95. The van der Waals surface area contributed by atoms with Crippen LogP contribution in [-0.4, -0.2) is 15.8 Å². The monoisotopic (exact) mass is 257 g/mol. The van der Waals surface area contributed by atoms with Crippen molar-refractivity contribution in [2.45, 2.75) is 45.7 Å². The van der Waals surface area contributed by atoms with Gasteiger partial charge in [-0.25, -0.2) is 0 Å². The largest absolute Gasteiger partial charge is 0.383 e. The Morgan fingerprint density at radius 1 is 1.32 bits per heavy atom. The second kappa shape index (κ2) is 6.98. The molecule has 0 saturated carbocycles. The second-order valence-electron chi connectivity index (χ2n) is 5.09. The van der Waals surface area contributed by atoms with Crippen molar-refractivity contribution in [2.24, 2.45) is 0 Å². The van der Waals surface area contributed by atoms with Crippen LogP contribution in [0.2, 0.25) is 0 Å². The van der Waals surface area contributed by atoms with Gasteiger partial charge < -0.3 is 5.32 Å². The molecule has 0 aliphatic carbocycles. The van der Waals surface area contributed by atoms with Crippen LogP contribution in [0.25, 0.3) is 0 Å². The van der Waals surface area contributed by atoms with Gasteiger partial charge in [-0.15, -0.1) is 0 Å². The molecular weight excluding hydrogens is 234 g/mol. The van der Waals surface area contributed by atoms with Gasteiger partial charge in [0.1, 0.15) is 0 Å². The molecule has 0 bridgehead atoms. The van der Waals surface area contributed by atoms with E-state index in [-0.39, 0.29) is 0 Å². The van der Waals surface area contributed by atoms with Crippen LogP contribution in [0.1, 0.15) is 38.7 Å². The van der Waals surface area contributed by atoms with Crippen LogP contribution in [0, 0.1) is 0 Å². The van der Waals surface area contributed by atoms with Gasteiger partial charge in [-0.05, 0) is 37.1 Å². The quantitative estimate of drug-likeness (QED) is 0.814. The van der Waals surface area contributed by atoms with Crippen molar-refractivity contribution in [1.82, 2.24) is 9.78 Å². The van der Waals surface area contributed by atoms with Gasteiger partial charge in [0.2, 0.25) is 0 Å². The van der Waals surface area contributed by atoms with E-state index in [1.807, 2.05) is 23.1 Å². The molecule has 0 aliphatic heterocycles. The average Bonchev–Trinajstić information content (AvgIpc) is 2.89. The second-order valence-corrected chi connectivity index (χ2v) is 5.09. The number of anilines is 1. The fraction of sp³-hybridized carbons (Fsp3) is 0.438. The lowest BCUT2D eigenvalue weighted by Gasteiger charge is -2.15. The molecule has 2 aromatic rings. The molecule has 0 aliphatic rings. The molecule has 1 N–H and O–H groups in total. The SMILES string of the molecule is CCCCC(C)Nc1cccc(Cn2cccn2)c1. The van der Waals surface area contributed by atoms with Gasteiger partial charge in [0.05, 0.1) is 6.54 Å². The van der Waals surface area contributed by atoms with E-state index in [1.165, 1.54) is 30.5 Å². The zero-order chi connectivity index (χ0) is 13.5. The van der Waals surface area contributed by atoms with Crippen LogP contribution in [0.15, 0.2) is 42.7 Å². The van der Waals surface area contributed by atoms with Crippen LogP contribution in [0.3, 0.4) is 0 Å². The highest BCUT2D eigenvalue weighted by molar-refractivity contribution is 5.46. The molecule has 1 atom stereocenters. The molecule has 0 radical (unpaired) electrons. The van der Waals surface area contributed by atoms with Crippen molar-refractivity contribution in [3.8, 4) is 0 Å². The van der Waals surface area contributed by atoms with E-state index < -0.39 is 0 Å². The normalized spacial score (nSPS) is 12.3.